The Morgan fingerprint density at radius 3 is 2.61 bits per heavy atom. The van der Waals surface area contributed by atoms with Crippen molar-refractivity contribution in [1.29, 1.82) is 0 Å². The second kappa shape index (κ2) is 14.1. The van der Waals surface area contributed by atoms with Gasteiger partial charge in [-0.15, -0.1) is 10.2 Å². The number of nitrogens with zero attached hydrogens (tertiary/aromatic N) is 3. The van der Waals surface area contributed by atoms with Crippen LogP contribution in [0.5, 0.6) is 0 Å². The van der Waals surface area contributed by atoms with E-state index in [-0.39, 0.29) is 25.7 Å². The number of carbonyl (C=O) groups is 2. The molecule has 36 heavy (non-hydrogen) atoms. The highest BCUT2D eigenvalue weighted by Gasteiger charge is 2.24. The third-order valence-electron chi connectivity index (χ3n) is 5.43. The molecule has 2 heterocycles. The smallest absolute Gasteiger partial charge is 0.407 e. The molecule has 2 aromatic heterocycles. The molecule has 11 heteroatoms. The van der Waals surface area contributed by atoms with Gasteiger partial charge >= 0.3 is 6.09 Å². The van der Waals surface area contributed by atoms with E-state index < -0.39 is 18.2 Å². The molecule has 0 aliphatic heterocycles. The third kappa shape index (κ3) is 8.01. The van der Waals surface area contributed by atoms with Crippen molar-refractivity contribution in [2.24, 2.45) is 5.73 Å². The number of rotatable bonds is 14. The number of pyridine rings is 1. The zero-order valence-corrected chi connectivity index (χ0v) is 20.4. The van der Waals surface area contributed by atoms with Gasteiger partial charge in [-0.2, -0.15) is 0 Å². The number of aromatic nitrogens is 3. The molecule has 3 rings (SSSR count). The SMILES string of the molecule is CC(N)C(=O)NC(COCc1ccccc1)c1nnc2cccc(COC(=O)NCCCCCO)n12. The van der Waals surface area contributed by atoms with Crippen LogP contribution < -0.4 is 16.4 Å². The maximum atomic E-state index is 12.4. The van der Waals surface area contributed by atoms with E-state index in [2.05, 4.69) is 20.8 Å². The molecule has 0 bridgehead atoms. The summed E-state index contributed by atoms with van der Waals surface area (Å²) < 4.78 is 13.0. The summed E-state index contributed by atoms with van der Waals surface area (Å²) in [6.07, 6.45) is 1.73. The highest BCUT2D eigenvalue weighted by atomic mass is 16.5. The van der Waals surface area contributed by atoms with E-state index in [1.807, 2.05) is 30.3 Å². The number of ether oxygens (including phenoxy) is 2. The Morgan fingerprint density at radius 1 is 1.06 bits per heavy atom. The lowest BCUT2D eigenvalue weighted by molar-refractivity contribution is -0.123. The topological polar surface area (TPSA) is 153 Å². The minimum Gasteiger partial charge on any atom is -0.443 e. The molecule has 0 aliphatic rings. The van der Waals surface area contributed by atoms with Crippen LogP contribution in [0.4, 0.5) is 4.79 Å². The Morgan fingerprint density at radius 2 is 1.86 bits per heavy atom. The van der Waals surface area contributed by atoms with E-state index >= 15 is 0 Å². The van der Waals surface area contributed by atoms with Crippen molar-refractivity contribution < 1.29 is 24.2 Å². The van der Waals surface area contributed by atoms with Crippen molar-refractivity contribution in [3.8, 4) is 0 Å². The van der Waals surface area contributed by atoms with Crippen LogP contribution in [-0.2, 0) is 27.5 Å². The predicted octanol–water partition coefficient (Wildman–Crippen LogP) is 1.84. The van der Waals surface area contributed by atoms with Crippen molar-refractivity contribution in [1.82, 2.24) is 25.2 Å². The summed E-state index contributed by atoms with van der Waals surface area (Å²) in [7, 11) is 0. The van der Waals surface area contributed by atoms with Gasteiger partial charge in [-0.3, -0.25) is 9.20 Å². The Hall–Kier alpha value is -3.54. The molecular weight excluding hydrogens is 464 g/mol. The Balaban J connectivity index is 1.72. The molecular formula is C25H34N6O5. The lowest BCUT2D eigenvalue weighted by Gasteiger charge is -2.20. The second-order valence-electron chi connectivity index (χ2n) is 8.41. The van der Waals surface area contributed by atoms with Gasteiger partial charge in [0.1, 0.15) is 12.6 Å². The molecule has 0 saturated heterocycles. The van der Waals surface area contributed by atoms with Crippen LogP contribution in [0, 0.1) is 0 Å². The average Bonchev–Trinajstić information content (AvgIpc) is 3.32. The number of aliphatic hydroxyl groups excluding tert-OH is 1. The molecule has 0 saturated carbocycles. The van der Waals surface area contributed by atoms with Gasteiger partial charge in [0.05, 0.1) is 24.9 Å². The van der Waals surface area contributed by atoms with Crippen molar-refractivity contribution in [3.05, 3.63) is 65.6 Å². The maximum Gasteiger partial charge on any atom is 0.407 e. The van der Waals surface area contributed by atoms with Gasteiger partial charge < -0.3 is 30.9 Å². The van der Waals surface area contributed by atoms with Crippen LogP contribution in [0.3, 0.4) is 0 Å². The number of alkyl carbamates (subject to hydrolysis) is 1. The number of nitrogens with one attached hydrogen (secondary N) is 2. The number of unbranched alkanes of at least 4 members (excludes halogenated alkanes) is 2. The molecule has 0 radical (unpaired) electrons. The summed E-state index contributed by atoms with van der Waals surface area (Å²) >= 11 is 0. The van der Waals surface area contributed by atoms with E-state index in [1.54, 1.807) is 29.5 Å². The lowest BCUT2D eigenvalue weighted by atomic mass is 10.2. The van der Waals surface area contributed by atoms with E-state index in [0.29, 0.717) is 36.7 Å². The first-order valence-electron chi connectivity index (χ1n) is 12.0. The average molecular weight is 499 g/mol. The minimum atomic E-state index is -0.718. The highest BCUT2D eigenvalue weighted by molar-refractivity contribution is 5.81. The van der Waals surface area contributed by atoms with E-state index in [1.165, 1.54) is 0 Å². The van der Waals surface area contributed by atoms with E-state index in [0.717, 1.165) is 18.4 Å². The second-order valence-corrected chi connectivity index (χ2v) is 8.41. The summed E-state index contributed by atoms with van der Waals surface area (Å²) in [5.74, 6) is 0.0880. The molecule has 0 spiro atoms. The first kappa shape index (κ1) is 27.1. The van der Waals surface area contributed by atoms with Crippen molar-refractivity contribution in [3.63, 3.8) is 0 Å². The standard InChI is InChI=1S/C25H34N6O5/c1-18(26)24(33)28-21(17-35-15-19-9-4-2-5-10-19)23-30-29-22-12-8-11-20(31(22)23)16-36-25(34)27-13-6-3-7-14-32/h2,4-5,8-12,18,21,32H,3,6-7,13-17,26H2,1H3,(H,27,34)(H,28,33). The molecule has 0 aliphatic carbocycles. The largest absolute Gasteiger partial charge is 0.443 e. The Kier molecular flexibility index (Phi) is 10.6. The Bertz CT molecular complexity index is 1100. The lowest BCUT2D eigenvalue weighted by Crippen LogP contribution is -2.42. The molecule has 2 unspecified atom stereocenters. The molecule has 2 atom stereocenters. The minimum absolute atomic E-state index is 0.0241. The quantitative estimate of drug-likeness (QED) is 0.246. The molecule has 11 nitrogen and oxygen atoms in total. The molecule has 0 fully saturated rings. The highest BCUT2D eigenvalue weighted by Crippen LogP contribution is 2.18. The molecule has 2 amide bonds. The summed E-state index contributed by atoms with van der Waals surface area (Å²) in [6.45, 7) is 2.67. The predicted molar refractivity (Wildman–Crippen MR) is 133 cm³/mol. The molecule has 3 aromatic rings. The number of benzene rings is 1. The Labute approximate surface area is 210 Å². The van der Waals surface area contributed by atoms with Crippen molar-refractivity contribution >= 4 is 17.6 Å². The van der Waals surface area contributed by atoms with Gasteiger partial charge in [0.15, 0.2) is 11.5 Å². The zero-order valence-electron chi connectivity index (χ0n) is 20.4. The number of nitrogens with two attached hydrogens (primary N) is 1. The molecule has 5 N–H and O–H groups in total. The van der Waals surface area contributed by atoms with Gasteiger partial charge in [-0.1, -0.05) is 36.4 Å². The zero-order chi connectivity index (χ0) is 25.8. The summed E-state index contributed by atoms with van der Waals surface area (Å²) in [6, 6.07) is 13.7. The van der Waals surface area contributed by atoms with Gasteiger partial charge in [-0.05, 0) is 43.9 Å². The first-order chi connectivity index (χ1) is 17.5. The summed E-state index contributed by atoms with van der Waals surface area (Å²) in [4.78, 5) is 24.6. The van der Waals surface area contributed by atoms with Crippen LogP contribution in [0.2, 0.25) is 0 Å². The van der Waals surface area contributed by atoms with Crippen molar-refractivity contribution in [2.45, 2.75) is 51.5 Å². The van der Waals surface area contributed by atoms with Crippen LogP contribution in [0.25, 0.3) is 5.65 Å². The third-order valence-corrected chi connectivity index (χ3v) is 5.43. The normalized spacial score (nSPS) is 12.8. The number of aliphatic hydroxyl groups is 1. The number of fused-ring (bicyclic) bond motifs is 1. The first-order valence-corrected chi connectivity index (χ1v) is 12.0. The number of amides is 2. The van der Waals surface area contributed by atoms with Gasteiger partial charge in [0.25, 0.3) is 0 Å². The van der Waals surface area contributed by atoms with Crippen molar-refractivity contribution in [2.75, 3.05) is 19.8 Å². The number of carbonyl (C=O) groups excluding carboxylic acids is 2. The monoisotopic (exact) mass is 498 g/mol. The number of hydrogen-bond donors (Lipinski definition) is 4. The van der Waals surface area contributed by atoms with E-state index in [4.69, 9.17) is 20.3 Å². The van der Waals surface area contributed by atoms with E-state index in [9.17, 15) is 9.59 Å². The van der Waals surface area contributed by atoms with Crippen LogP contribution in [0.15, 0.2) is 48.5 Å². The maximum absolute atomic E-state index is 12.4. The fourth-order valence-corrected chi connectivity index (χ4v) is 3.52. The van der Waals surface area contributed by atoms with Crippen LogP contribution in [0.1, 0.15) is 49.3 Å². The summed E-state index contributed by atoms with van der Waals surface area (Å²) in [5, 5.41) is 22.9. The molecule has 1 aromatic carbocycles. The van der Waals surface area contributed by atoms with Gasteiger partial charge in [-0.25, -0.2) is 4.79 Å². The summed E-state index contributed by atoms with van der Waals surface area (Å²) in [5.41, 5.74) is 7.94. The fourth-order valence-electron chi connectivity index (χ4n) is 3.52. The van der Waals surface area contributed by atoms with Crippen LogP contribution in [-0.4, -0.2) is 57.5 Å². The van der Waals surface area contributed by atoms with Gasteiger partial charge in [0.2, 0.25) is 5.91 Å². The number of hydrogen-bond acceptors (Lipinski definition) is 8. The van der Waals surface area contributed by atoms with Crippen LogP contribution >= 0.6 is 0 Å². The molecule has 194 valence electrons. The van der Waals surface area contributed by atoms with Gasteiger partial charge in [0, 0.05) is 13.2 Å². The fraction of sp³-hybridized carbons (Fsp3) is 0.440.